The fourth-order valence-electron chi connectivity index (χ4n) is 2.47. The van der Waals surface area contributed by atoms with Crippen molar-refractivity contribution in [3.63, 3.8) is 0 Å². The largest absolute Gasteiger partial charge is 0.349 e. The highest BCUT2D eigenvalue weighted by atomic mass is 32.2. The average Bonchev–Trinajstić information content (AvgIpc) is 2.66. The van der Waals surface area contributed by atoms with Gasteiger partial charge in [0.05, 0.1) is 10.6 Å². The van der Waals surface area contributed by atoms with E-state index in [1.807, 2.05) is 13.8 Å². The molecule has 0 unspecified atom stereocenters. The van der Waals surface area contributed by atoms with Gasteiger partial charge in [-0.05, 0) is 49.2 Å². The average molecular weight is 360 g/mol. The number of nitrogens with one attached hydrogen (secondary N) is 1. The van der Waals surface area contributed by atoms with E-state index in [1.165, 1.54) is 11.4 Å². The lowest BCUT2D eigenvalue weighted by atomic mass is 10.1. The molecule has 25 heavy (non-hydrogen) atoms. The number of rotatable bonds is 7. The Hall–Kier alpha value is -2.34. The minimum atomic E-state index is -3.62. The number of anilines is 1. The van der Waals surface area contributed by atoms with E-state index < -0.39 is 10.0 Å². The van der Waals surface area contributed by atoms with Crippen LogP contribution >= 0.6 is 0 Å². The van der Waals surface area contributed by atoms with E-state index in [1.54, 1.807) is 54.6 Å². The van der Waals surface area contributed by atoms with Crippen LogP contribution in [0, 0.1) is 0 Å². The molecule has 1 amide bonds. The van der Waals surface area contributed by atoms with Crippen LogP contribution in [-0.4, -0.2) is 27.4 Å². The molecular formula is C19H24N2O3S. The summed E-state index contributed by atoms with van der Waals surface area (Å²) in [7, 11) is -2.12. The number of benzene rings is 2. The van der Waals surface area contributed by atoms with E-state index >= 15 is 0 Å². The summed E-state index contributed by atoms with van der Waals surface area (Å²) in [4.78, 5) is 12.5. The van der Waals surface area contributed by atoms with Gasteiger partial charge in [-0.3, -0.25) is 9.10 Å². The van der Waals surface area contributed by atoms with Gasteiger partial charge in [-0.25, -0.2) is 8.42 Å². The highest BCUT2D eigenvalue weighted by Gasteiger charge is 2.21. The molecular weight excluding hydrogens is 336 g/mol. The Kier molecular flexibility index (Phi) is 6.20. The minimum absolute atomic E-state index is 0.145. The van der Waals surface area contributed by atoms with Gasteiger partial charge in [0.1, 0.15) is 0 Å². The van der Waals surface area contributed by atoms with Crippen molar-refractivity contribution in [2.45, 2.75) is 37.6 Å². The Labute approximate surface area is 149 Å². The van der Waals surface area contributed by atoms with E-state index in [2.05, 4.69) is 5.32 Å². The van der Waals surface area contributed by atoms with Gasteiger partial charge in [0.25, 0.3) is 15.9 Å². The van der Waals surface area contributed by atoms with Crippen LogP contribution in [-0.2, 0) is 10.0 Å². The summed E-state index contributed by atoms with van der Waals surface area (Å²) in [5, 5.41) is 2.97. The molecule has 2 rings (SSSR count). The lowest BCUT2D eigenvalue weighted by Gasteiger charge is -2.20. The van der Waals surface area contributed by atoms with Crippen LogP contribution in [0.3, 0.4) is 0 Å². The molecule has 0 atom stereocenters. The van der Waals surface area contributed by atoms with Crippen molar-refractivity contribution < 1.29 is 13.2 Å². The van der Waals surface area contributed by atoms with Gasteiger partial charge in [0, 0.05) is 18.7 Å². The maximum atomic E-state index is 12.6. The van der Waals surface area contributed by atoms with Gasteiger partial charge < -0.3 is 5.32 Å². The van der Waals surface area contributed by atoms with Crippen molar-refractivity contribution in [3.8, 4) is 0 Å². The van der Waals surface area contributed by atoms with Crippen molar-refractivity contribution in [1.82, 2.24) is 5.32 Å². The molecule has 0 saturated heterocycles. The first kappa shape index (κ1) is 19.0. The highest BCUT2D eigenvalue weighted by Crippen LogP contribution is 2.22. The van der Waals surface area contributed by atoms with E-state index in [0.717, 1.165) is 12.8 Å². The number of carbonyl (C=O) groups excluding carboxylic acids is 1. The van der Waals surface area contributed by atoms with Gasteiger partial charge in [-0.15, -0.1) is 0 Å². The summed E-state index contributed by atoms with van der Waals surface area (Å²) in [5.41, 5.74) is 1.02. The molecule has 0 radical (unpaired) electrons. The summed E-state index contributed by atoms with van der Waals surface area (Å²) < 4.78 is 26.5. The van der Waals surface area contributed by atoms with Crippen LogP contribution in [0.2, 0.25) is 0 Å². The summed E-state index contributed by atoms with van der Waals surface area (Å²) in [6.07, 6.45) is 1.75. The zero-order valence-electron chi connectivity index (χ0n) is 14.8. The van der Waals surface area contributed by atoms with Crippen molar-refractivity contribution >= 4 is 21.6 Å². The summed E-state index contributed by atoms with van der Waals surface area (Å²) in [6, 6.07) is 15.0. The Morgan fingerprint density at radius 3 is 2.08 bits per heavy atom. The first-order valence-electron chi connectivity index (χ1n) is 8.35. The quantitative estimate of drug-likeness (QED) is 0.822. The number of carbonyl (C=O) groups is 1. The zero-order chi connectivity index (χ0) is 18.4. The lowest BCUT2D eigenvalue weighted by Crippen LogP contribution is -2.33. The fourth-order valence-corrected chi connectivity index (χ4v) is 3.69. The standard InChI is InChI=1S/C19H24N2O3S/c1-4-16(5-2)20-19(22)15-11-13-17(14-12-15)21(3)25(23,24)18-9-7-6-8-10-18/h6-14,16H,4-5H2,1-3H3,(H,20,22). The maximum Gasteiger partial charge on any atom is 0.264 e. The summed E-state index contributed by atoms with van der Waals surface area (Å²) >= 11 is 0. The normalized spacial score (nSPS) is 11.4. The second-order valence-electron chi connectivity index (χ2n) is 5.82. The molecule has 2 aromatic carbocycles. The molecule has 134 valence electrons. The molecule has 1 N–H and O–H groups in total. The van der Waals surface area contributed by atoms with E-state index in [4.69, 9.17) is 0 Å². The molecule has 0 saturated carbocycles. The van der Waals surface area contributed by atoms with Gasteiger partial charge >= 0.3 is 0 Å². The zero-order valence-corrected chi connectivity index (χ0v) is 15.6. The molecule has 0 aliphatic rings. The monoisotopic (exact) mass is 360 g/mol. The number of hydrogen-bond donors (Lipinski definition) is 1. The molecule has 0 heterocycles. The van der Waals surface area contributed by atoms with Crippen LogP contribution in [0.25, 0.3) is 0 Å². The topological polar surface area (TPSA) is 66.5 Å². The van der Waals surface area contributed by atoms with Crippen LogP contribution in [0.1, 0.15) is 37.0 Å². The summed E-state index contributed by atoms with van der Waals surface area (Å²) in [5.74, 6) is -0.145. The Bertz CT molecular complexity index is 798. The number of amides is 1. The SMILES string of the molecule is CCC(CC)NC(=O)c1ccc(N(C)S(=O)(=O)c2ccccc2)cc1. The van der Waals surface area contributed by atoms with Gasteiger partial charge in [-0.2, -0.15) is 0 Å². The van der Waals surface area contributed by atoms with Gasteiger partial charge in [0.2, 0.25) is 0 Å². The van der Waals surface area contributed by atoms with Crippen molar-refractivity contribution in [3.05, 3.63) is 60.2 Å². The van der Waals surface area contributed by atoms with Gasteiger partial charge in [-0.1, -0.05) is 32.0 Å². The Balaban J connectivity index is 2.18. The Morgan fingerprint density at radius 1 is 1.00 bits per heavy atom. The molecule has 0 bridgehead atoms. The third-order valence-corrected chi connectivity index (χ3v) is 6.02. The second-order valence-corrected chi connectivity index (χ2v) is 7.79. The maximum absolute atomic E-state index is 12.6. The van der Waals surface area contributed by atoms with Crippen molar-refractivity contribution in [2.75, 3.05) is 11.4 Å². The predicted molar refractivity (Wildman–Crippen MR) is 100 cm³/mol. The van der Waals surface area contributed by atoms with Gasteiger partial charge in [0.15, 0.2) is 0 Å². The number of hydrogen-bond acceptors (Lipinski definition) is 3. The van der Waals surface area contributed by atoms with Crippen LogP contribution < -0.4 is 9.62 Å². The molecule has 6 heteroatoms. The van der Waals surface area contributed by atoms with E-state index in [-0.39, 0.29) is 16.8 Å². The smallest absolute Gasteiger partial charge is 0.264 e. The Morgan fingerprint density at radius 2 is 1.56 bits per heavy atom. The van der Waals surface area contributed by atoms with Crippen LogP contribution in [0.5, 0.6) is 0 Å². The molecule has 0 aliphatic heterocycles. The summed E-state index contributed by atoms with van der Waals surface area (Å²) in [6.45, 7) is 4.06. The highest BCUT2D eigenvalue weighted by molar-refractivity contribution is 7.92. The molecule has 5 nitrogen and oxygen atoms in total. The van der Waals surface area contributed by atoms with E-state index in [0.29, 0.717) is 11.3 Å². The molecule has 0 aromatic heterocycles. The number of sulfonamides is 1. The predicted octanol–water partition coefficient (Wildman–Crippen LogP) is 3.43. The van der Waals surface area contributed by atoms with Crippen LogP contribution in [0.4, 0.5) is 5.69 Å². The number of nitrogens with zero attached hydrogens (tertiary/aromatic N) is 1. The third-order valence-electron chi connectivity index (χ3n) is 4.22. The van der Waals surface area contributed by atoms with Crippen molar-refractivity contribution in [2.24, 2.45) is 0 Å². The first-order valence-corrected chi connectivity index (χ1v) is 9.79. The molecule has 0 aliphatic carbocycles. The first-order chi connectivity index (χ1) is 11.9. The lowest BCUT2D eigenvalue weighted by molar-refractivity contribution is 0.0935. The van der Waals surface area contributed by atoms with Crippen LogP contribution in [0.15, 0.2) is 59.5 Å². The molecule has 0 fully saturated rings. The molecule has 0 spiro atoms. The minimum Gasteiger partial charge on any atom is -0.349 e. The third kappa shape index (κ3) is 4.39. The fraction of sp³-hybridized carbons (Fsp3) is 0.316. The molecule has 2 aromatic rings. The van der Waals surface area contributed by atoms with Crippen molar-refractivity contribution in [1.29, 1.82) is 0 Å². The van der Waals surface area contributed by atoms with E-state index in [9.17, 15) is 13.2 Å². The second kappa shape index (κ2) is 8.16.